The number of carbonyl (C=O) groups excluding carboxylic acids is 1. The van der Waals surface area contributed by atoms with Crippen LogP contribution in [0.5, 0.6) is 0 Å². The lowest BCUT2D eigenvalue weighted by molar-refractivity contribution is -0.120. The number of nitrogens with one attached hydrogen (secondary N) is 2. The monoisotopic (exact) mass is 248 g/mol. The second-order valence-electron chi connectivity index (χ2n) is 4.80. The molecule has 1 fully saturated rings. The van der Waals surface area contributed by atoms with E-state index >= 15 is 0 Å². The fraction of sp³-hybridized carbons (Fsp3) is 0.500. The van der Waals surface area contributed by atoms with Gasteiger partial charge in [-0.3, -0.25) is 4.79 Å². The van der Waals surface area contributed by atoms with Crippen LogP contribution >= 0.6 is 0 Å². The van der Waals surface area contributed by atoms with Crippen molar-refractivity contribution < 1.29 is 9.90 Å². The minimum absolute atomic E-state index is 0.0285. The lowest BCUT2D eigenvalue weighted by Gasteiger charge is -2.22. The highest BCUT2D eigenvalue weighted by Crippen LogP contribution is 2.23. The molecule has 1 saturated heterocycles. The first-order chi connectivity index (χ1) is 8.68. The highest BCUT2D eigenvalue weighted by molar-refractivity contribution is 5.93. The summed E-state index contributed by atoms with van der Waals surface area (Å²) in [4.78, 5) is 12.1. The summed E-state index contributed by atoms with van der Waals surface area (Å²) in [6.07, 6.45) is 1.39. The van der Waals surface area contributed by atoms with Gasteiger partial charge in [-0.15, -0.1) is 0 Å². The number of carbonyl (C=O) groups is 1. The van der Waals surface area contributed by atoms with E-state index in [1.54, 1.807) is 6.92 Å². The number of anilines is 1. The molecule has 0 spiro atoms. The Labute approximate surface area is 107 Å². The summed E-state index contributed by atoms with van der Waals surface area (Å²) in [6, 6.07) is 7.39. The van der Waals surface area contributed by atoms with Crippen LogP contribution in [0, 0.1) is 5.92 Å². The summed E-state index contributed by atoms with van der Waals surface area (Å²) in [5, 5.41) is 15.8. The van der Waals surface area contributed by atoms with Crippen molar-refractivity contribution in [3.05, 3.63) is 29.8 Å². The predicted octanol–water partition coefficient (Wildman–Crippen LogP) is 1.68. The average Bonchev–Trinajstić information content (AvgIpc) is 2.40. The molecule has 1 heterocycles. The van der Waals surface area contributed by atoms with Crippen molar-refractivity contribution >= 4 is 11.6 Å². The van der Waals surface area contributed by atoms with Crippen molar-refractivity contribution in [2.45, 2.75) is 25.9 Å². The third-order valence-electron chi connectivity index (χ3n) is 3.34. The molecule has 4 heteroatoms. The molecule has 0 bridgehead atoms. The van der Waals surface area contributed by atoms with E-state index in [1.807, 2.05) is 24.3 Å². The van der Waals surface area contributed by atoms with Crippen LogP contribution in [-0.2, 0) is 4.79 Å². The van der Waals surface area contributed by atoms with E-state index in [0.29, 0.717) is 5.69 Å². The lowest BCUT2D eigenvalue weighted by Crippen LogP contribution is -2.37. The number of rotatable bonds is 3. The van der Waals surface area contributed by atoms with Crippen LogP contribution in [0.4, 0.5) is 5.69 Å². The first-order valence-corrected chi connectivity index (χ1v) is 6.47. The Morgan fingerprint density at radius 2 is 2.28 bits per heavy atom. The van der Waals surface area contributed by atoms with Gasteiger partial charge in [0.15, 0.2) is 0 Å². The molecule has 0 aliphatic carbocycles. The molecule has 1 aliphatic heterocycles. The molecule has 4 nitrogen and oxygen atoms in total. The zero-order valence-corrected chi connectivity index (χ0v) is 10.6. The predicted molar refractivity (Wildman–Crippen MR) is 71.3 cm³/mol. The fourth-order valence-electron chi connectivity index (χ4n) is 2.29. The Kier molecular flexibility index (Phi) is 4.33. The van der Waals surface area contributed by atoms with E-state index in [-0.39, 0.29) is 11.8 Å². The number of hydrogen-bond acceptors (Lipinski definition) is 3. The van der Waals surface area contributed by atoms with Gasteiger partial charge in [0.25, 0.3) is 0 Å². The average molecular weight is 248 g/mol. The molecule has 0 aromatic heterocycles. The molecular formula is C14H20N2O2. The van der Waals surface area contributed by atoms with Gasteiger partial charge < -0.3 is 15.7 Å². The van der Waals surface area contributed by atoms with Gasteiger partial charge in [-0.05, 0) is 32.4 Å². The number of aliphatic hydroxyl groups excluding tert-OH is 1. The van der Waals surface area contributed by atoms with Crippen molar-refractivity contribution in [1.29, 1.82) is 0 Å². The molecule has 2 atom stereocenters. The maximum Gasteiger partial charge on any atom is 0.228 e. The maximum atomic E-state index is 12.1. The van der Waals surface area contributed by atoms with Gasteiger partial charge in [0.2, 0.25) is 5.91 Å². The molecule has 2 unspecified atom stereocenters. The molecular weight excluding hydrogens is 228 g/mol. The summed E-state index contributed by atoms with van der Waals surface area (Å²) in [5.74, 6) is 0.0658. The molecule has 1 amide bonds. The Hall–Kier alpha value is -1.39. The molecule has 1 aromatic rings. The molecule has 18 heavy (non-hydrogen) atoms. The number of hydrogen-bond donors (Lipinski definition) is 3. The highest BCUT2D eigenvalue weighted by Gasteiger charge is 2.21. The van der Waals surface area contributed by atoms with Crippen molar-refractivity contribution in [3.8, 4) is 0 Å². The van der Waals surface area contributed by atoms with Gasteiger partial charge in [0, 0.05) is 17.8 Å². The lowest BCUT2D eigenvalue weighted by atomic mass is 9.98. The molecule has 0 radical (unpaired) electrons. The van der Waals surface area contributed by atoms with Crippen molar-refractivity contribution in [3.63, 3.8) is 0 Å². The number of amides is 1. The number of benzene rings is 1. The van der Waals surface area contributed by atoms with Crippen LogP contribution in [-0.4, -0.2) is 24.1 Å². The van der Waals surface area contributed by atoms with E-state index in [2.05, 4.69) is 10.6 Å². The number of aliphatic hydroxyl groups is 1. The van der Waals surface area contributed by atoms with E-state index in [1.165, 1.54) is 0 Å². The Bertz CT molecular complexity index is 412. The Morgan fingerprint density at radius 3 is 2.94 bits per heavy atom. The van der Waals surface area contributed by atoms with E-state index in [0.717, 1.165) is 31.5 Å². The molecule has 98 valence electrons. The Morgan fingerprint density at radius 1 is 1.50 bits per heavy atom. The van der Waals surface area contributed by atoms with E-state index in [4.69, 9.17) is 0 Å². The van der Waals surface area contributed by atoms with Gasteiger partial charge in [0.05, 0.1) is 12.0 Å². The van der Waals surface area contributed by atoms with Crippen LogP contribution in [0.3, 0.4) is 0 Å². The van der Waals surface area contributed by atoms with Crippen LogP contribution in [0.2, 0.25) is 0 Å². The normalized spacial score (nSPS) is 21.3. The van der Waals surface area contributed by atoms with Crippen LogP contribution in [0.25, 0.3) is 0 Å². The standard InChI is InChI=1S/C14H20N2O2/c1-10(17)12-6-2-3-7-13(12)16-14(18)11-5-4-8-15-9-11/h2-3,6-7,10-11,15,17H,4-5,8-9H2,1H3,(H,16,18). The van der Waals surface area contributed by atoms with Gasteiger partial charge in [-0.2, -0.15) is 0 Å². The molecule has 3 N–H and O–H groups in total. The molecule has 2 rings (SSSR count). The van der Waals surface area contributed by atoms with E-state index in [9.17, 15) is 9.90 Å². The van der Waals surface area contributed by atoms with Gasteiger partial charge in [0.1, 0.15) is 0 Å². The molecule has 1 aromatic carbocycles. The minimum Gasteiger partial charge on any atom is -0.389 e. The molecule has 0 saturated carbocycles. The van der Waals surface area contributed by atoms with Crippen molar-refractivity contribution in [1.82, 2.24) is 5.32 Å². The van der Waals surface area contributed by atoms with Gasteiger partial charge >= 0.3 is 0 Å². The fourth-order valence-corrected chi connectivity index (χ4v) is 2.29. The number of para-hydroxylation sites is 1. The topological polar surface area (TPSA) is 61.4 Å². The van der Waals surface area contributed by atoms with Gasteiger partial charge in [-0.25, -0.2) is 0 Å². The third-order valence-corrected chi connectivity index (χ3v) is 3.34. The minimum atomic E-state index is -0.578. The van der Waals surface area contributed by atoms with Crippen molar-refractivity contribution in [2.24, 2.45) is 5.92 Å². The van der Waals surface area contributed by atoms with Crippen molar-refractivity contribution in [2.75, 3.05) is 18.4 Å². The van der Waals surface area contributed by atoms with Crippen LogP contribution < -0.4 is 10.6 Å². The van der Waals surface area contributed by atoms with Gasteiger partial charge in [-0.1, -0.05) is 18.2 Å². The smallest absolute Gasteiger partial charge is 0.228 e. The summed E-state index contributed by atoms with van der Waals surface area (Å²) in [6.45, 7) is 3.43. The maximum absolute atomic E-state index is 12.1. The number of piperidine rings is 1. The van der Waals surface area contributed by atoms with Crippen LogP contribution in [0.15, 0.2) is 24.3 Å². The van der Waals surface area contributed by atoms with E-state index < -0.39 is 6.10 Å². The zero-order chi connectivity index (χ0) is 13.0. The SMILES string of the molecule is CC(O)c1ccccc1NC(=O)C1CCCNC1. The quantitative estimate of drug-likeness (QED) is 0.762. The summed E-state index contributed by atoms with van der Waals surface area (Å²) in [5.41, 5.74) is 1.47. The van der Waals surface area contributed by atoms with Crippen LogP contribution in [0.1, 0.15) is 31.4 Å². The second kappa shape index (κ2) is 5.98. The molecule has 1 aliphatic rings. The first-order valence-electron chi connectivity index (χ1n) is 6.47. The zero-order valence-electron chi connectivity index (χ0n) is 10.6. The highest BCUT2D eigenvalue weighted by atomic mass is 16.3. The largest absolute Gasteiger partial charge is 0.389 e. The summed E-state index contributed by atoms with van der Waals surface area (Å²) in [7, 11) is 0. The third kappa shape index (κ3) is 3.09. The first kappa shape index (κ1) is 13.1. The second-order valence-corrected chi connectivity index (χ2v) is 4.80. The Balaban J connectivity index is 2.06. The summed E-state index contributed by atoms with van der Waals surface area (Å²) < 4.78 is 0. The summed E-state index contributed by atoms with van der Waals surface area (Å²) >= 11 is 0.